The molecule has 0 bridgehead atoms. The first-order valence-electron chi connectivity index (χ1n) is 6.76. The summed E-state index contributed by atoms with van der Waals surface area (Å²) in [6.45, 7) is -1.45. The van der Waals surface area contributed by atoms with Crippen LogP contribution in [0, 0.1) is 5.82 Å². The standard InChI is InChI=1S/C14H9F4N5O2.Li/c15-7-1-2-19-11(3-7)21-12-8-5-20-9(13(24)25)4-10(8)23(22-12)6-14(16,17)18;/h1-5H,6H2,(H,24,25)(H,19,21,22);/q;+1/p-1. The molecule has 0 aliphatic carbocycles. The van der Waals surface area contributed by atoms with Crippen LogP contribution in [0.25, 0.3) is 10.9 Å². The molecule has 0 unspecified atom stereocenters. The van der Waals surface area contributed by atoms with Crippen LogP contribution in [-0.4, -0.2) is 31.9 Å². The van der Waals surface area contributed by atoms with Gasteiger partial charge >= 0.3 is 25.0 Å². The van der Waals surface area contributed by atoms with E-state index in [1.54, 1.807) is 0 Å². The van der Waals surface area contributed by atoms with Crippen molar-refractivity contribution in [2.45, 2.75) is 12.7 Å². The molecule has 26 heavy (non-hydrogen) atoms. The van der Waals surface area contributed by atoms with Crippen molar-refractivity contribution in [2.24, 2.45) is 0 Å². The first kappa shape index (κ1) is 19.7. The quantitative estimate of drug-likeness (QED) is 0.456. The molecule has 0 aliphatic rings. The molecule has 0 aromatic carbocycles. The molecule has 0 saturated carbocycles. The topological polar surface area (TPSA) is 95.8 Å². The number of nitrogens with zero attached hydrogens (tertiary/aromatic N) is 4. The summed E-state index contributed by atoms with van der Waals surface area (Å²) in [4.78, 5) is 18.3. The third-order valence-electron chi connectivity index (χ3n) is 3.14. The van der Waals surface area contributed by atoms with Crippen LogP contribution in [0.3, 0.4) is 0 Å². The fourth-order valence-electron chi connectivity index (χ4n) is 2.16. The van der Waals surface area contributed by atoms with Crippen LogP contribution in [-0.2, 0) is 6.54 Å². The second-order valence-corrected chi connectivity index (χ2v) is 4.98. The van der Waals surface area contributed by atoms with Gasteiger partial charge in [0.1, 0.15) is 18.2 Å². The third kappa shape index (κ3) is 4.30. The average Bonchev–Trinajstić information content (AvgIpc) is 2.82. The van der Waals surface area contributed by atoms with Gasteiger partial charge in [-0.05, 0) is 12.1 Å². The maximum Gasteiger partial charge on any atom is 1.00 e. The molecular formula is C14H8F4LiN5O2. The zero-order valence-electron chi connectivity index (χ0n) is 13.2. The van der Waals surface area contributed by atoms with Crippen molar-refractivity contribution in [3.05, 3.63) is 42.1 Å². The van der Waals surface area contributed by atoms with E-state index < -0.39 is 30.2 Å². The third-order valence-corrected chi connectivity index (χ3v) is 3.14. The van der Waals surface area contributed by atoms with Gasteiger partial charge in [0, 0.05) is 18.5 Å². The minimum atomic E-state index is -4.59. The molecule has 0 atom stereocenters. The number of hydrogen-bond donors (Lipinski definition) is 1. The molecule has 3 aromatic rings. The number of carboxylic acids is 1. The maximum atomic E-state index is 13.2. The summed E-state index contributed by atoms with van der Waals surface area (Å²) in [5.74, 6) is -2.30. The molecule has 3 heterocycles. The Labute approximate surface area is 155 Å². The number of halogens is 4. The number of hydrogen-bond acceptors (Lipinski definition) is 6. The summed E-state index contributed by atoms with van der Waals surface area (Å²) in [7, 11) is 0. The Kier molecular flexibility index (Phi) is 5.53. The molecule has 7 nitrogen and oxygen atoms in total. The van der Waals surface area contributed by atoms with Crippen LogP contribution in [0.15, 0.2) is 30.6 Å². The Balaban J connectivity index is 0.00000243. The second kappa shape index (κ2) is 7.31. The molecule has 0 spiro atoms. The number of aromatic nitrogens is 4. The van der Waals surface area contributed by atoms with Gasteiger partial charge in [-0.3, -0.25) is 9.67 Å². The van der Waals surface area contributed by atoms with Gasteiger partial charge in [-0.15, -0.1) is 0 Å². The van der Waals surface area contributed by atoms with Gasteiger partial charge < -0.3 is 15.2 Å². The number of aromatic carboxylic acids is 1. The van der Waals surface area contributed by atoms with Gasteiger partial charge in [-0.2, -0.15) is 18.3 Å². The smallest absolute Gasteiger partial charge is 0.543 e. The molecule has 1 N–H and O–H groups in total. The molecule has 0 saturated heterocycles. The van der Waals surface area contributed by atoms with Crippen LogP contribution in [0.2, 0.25) is 0 Å². The van der Waals surface area contributed by atoms with E-state index in [9.17, 15) is 27.5 Å². The van der Waals surface area contributed by atoms with Gasteiger partial charge in [-0.1, -0.05) is 0 Å². The number of carbonyl (C=O) groups is 1. The number of carboxylic acid groups (broad SMARTS) is 1. The predicted octanol–water partition coefficient (Wildman–Crippen LogP) is -1.36. The zero-order valence-corrected chi connectivity index (χ0v) is 13.2. The number of pyridine rings is 2. The van der Waals surface area contributed by atoms with E-state index in [0.29, 0.717) is 4.68 Å². The fourth-order valence-corrected chi connectivity index (χ4v) is 2.16. The fraction of sp³-hybridized carbons (Fsp3) is 0.143. The van der Waals surface area contributed by atoms with Crippen molar-refractivity contribution in [1.82, 2.24) is 19.7 Å². The van der Waals surface area contributed by atoms with Crippen molar-refractivity contribution in [3.63, 3.8) is 0 Å². The summed E-state index contributed by atoms with van der Waals surface area (Å²) in [5, 5.41) is 17.4. The minimum absolute atomic E-state index is 0. The number of anilines is 2. The van der Waals surface area contributed by atoms with Gasteiger partial charge in [0.25, 0.3) is 0 Å². The molecule has 12 heteroatoms. The Hall–Kier alpha value is -2.64. The van der Waals surface area contributed by atoms with Gasteiger partial charge in [0.05, 0.1) is 22.6 Å². The minimum Gasteiger partial charge on any atom is -0.543 e. The van der Waals surface area contributed by atoms with Gasteiger partial charge in [-0.25, -0.2) is 9.37 Å². The van der Waals surface area contributed by atoms with Crippen molar-refractivity contribution in [2.75, 3.05) is 5.32 Å². The second-order valence-electron chi connectivity index (χ2n) is 4.98. The molecule has 0 aliphatic heterocycles. The molecule has 0 radical (unpaired) electrons. The van der Waals surface area contributed by atoms with Crippen molar-refractivity contribution < 1.29 is 46.3 Å². The van der Waals surface area contributed by atoms with E-state index >= 15 is 0 Å². The molecule has 0 amide bonds. The zero-order chi connectivity index (χ0) is 18.2. The van der Waals surface area contributed by atoms with E-state index in [-0.39, 0.29) is 41.4 Å². The van der Waals surface area contributed by atoms with Gasteiger partial charge in [0.15, 0.2) is 5.82 Å². The SMILES string of the molecule is O=C([O-])c1cc2c(cn1)c(Nc1cc(F)ccn1)nn2CC(F)(F)F.[Li+]. The Morgan fingerprint density at radius 1 is 1.27 bits per heavy atom. The largest absolute Gasteiger partial charge is 1.00 e. The van der Waals surface area contributed by atoms with Crippen molar-refractivity contribution >= 4 is 28.5 Å². The number of carbonyl (C=O) groups excluding carboxylic acids is 1. The maximum absolute atomic E-state index is 13.2. The Morgan fingerprint density at radius 3 is 2.62 bits per heavy atom. The molecular weight excluding hydrogens is 353 g/mol. The number of alkyl halides is 3. The van der Waals surface area contributed by atoms with E-state index in [1.807, 2.05) is 0 Å². The summed E-state index contributed by atoms with van der Waals surface area (Å²) in [6, 6.07) is 3.05. The summed E-state index contributed by atoms with van der Waals surface area (Å²) in [5.41, 5.74) is -0.656. The molecule has 130 valence electrons. The van der Waals surface area contributed by atoms with Crippen LogP contribution >= 0.6 is 0 Å². The first-order chi connectivity index (χ1) is 11.7. The normalized spacial score (nSPS) is 11.2. The van der Waals surface area contributed by atoms with Crippen LogP contribution in [0.4, 0.5) is 29.2 Å². The molecule has 0 fully saturated rings. The van der Waals surface area contributed by atoms with E-state index in [1.165, 1.54) is 6.20 Å². The van der Waals surface area contributed by atoms with Crippen LogP contribution < -0.4 is 29.3 Å². The van der Waals surface area contributed by atoms with Gasteiger partial charge in [0.2, 0.25) is 0 Å². The average molecular weight is 361 g/mol. The summed E-state index contributed by atoms with van der Waals surface area (Å²) in [6.07, 6.45) is -2.38. The summed E-state index contributed by atoms with van der Waals surface area (Å²) < 4.78 is 52.0. The summed E-state index contributed by atoms with van der Waals surface area (Å²) >= 11 is 0. The molecule has 3 rings (SSSR count). The first-order valence-corrected chi connectivity index (χ1v) is 6.76. The van der Waals surface area contributed by atoms with Crippen LogP contribution in [0.5, 0.6) is 0 Å². The molecule has 3 aromatic heterocycles. The number of nitrogens with one attached hydrogen (secondary N) is 1. The number of rotatable bonds is 4. The van der Waals surface area contributed by atoms with Crippen molar-refractivity contribution in [3.8, 4) is 0 Å². The predicted molar refractivity (Wildman–Crippen MR) is 75.4 cm³/mol. The van der Waals surface area contributed by atoms with Crippen LogP contribution in [0.1, 0.15) is 10.5 Å². The van der Waals surface area contributed by atoms with E-state index in [4.69, 9.17) is 0 Å². The Bertz CT molecular complexity index is 960. The van der Waals surface area contributed by atoms with E-state index in [0.717, 1.165) is 24.4 Å². The number of fused-ring (bicyclic) bond motifs is 1. The Morgan fingerprint density at radius 2 is 2.00 bits per heavy atom. The monoisotopic (exact) mass is 361 g/mol. The van der Waals surface area contributed by atoms with E-state index in [2.05, 4.69) is 20.4 Å². The van der Waals surface area contributed by atoms with Crippen molar-refractivity contribution in [1.29, 1.82) is 0 Å².